The smallest absolute Gasteiger partial charge is 0.162 e. The van der Waals surface area contributed by atoms with E-state index in [4.69, 9.17) is 22.0 Å². The van der Waals surface area contributed by atoms with Gasteiger partial charge in [-0.1, -0.05) is 11.6 Å². The molecule has 0 aliphatic carbocycles. The van der Waals surface area contributed by atoms with Gasteiger partial charge in [0.15, 0.2) is 5.15 Å². The van der Waals surface area contributed by atoms with Gasteiger partial charge in [0.05, 0.1) is 6.61 Å². The standard InChI is InChI=1S/C7H8ClN3OS/c1-11(2-3-12)7-5(4-9)6(8)10-13-7/h12H,2-3H2,1H3. The van der Waals surface area contributed by atoms with E-state index in [1.165, 1.54) is 0 Å². The van der Waals surface area contributed by atoms with Crippen LogP contribution in [-0.4, -0.2) is 29.7 Å². The lowest BCUT2D eigenvalue weighted by molar-refractivity contribution is 0.304. The van der Waals surface area contributed by atoms with Gasteiger partial charge in [-0.15, -0.1) is 0 Å². The molecule has 1 heterocycles. The molecule has 4 nitrogen and oxygen atoms in total. The molecule has 1 rings (SSSR count). The summed E-state index contributed by atoms with van der Waals surface area (Å²) in [6.45, 7) is 0.504. The Balaban J connectivity index is 2.95. The van der Waals surface area contributed by atoms with E-state index < -0.39 is 0 Å². The minimum Gasteiger partial charge on any atom is -0.395 e. The van der Waals surface area contributed by atoms with Crippen molar-refractivity contribution in [2.45, 2.75) is 0 Å². The summed E-state index contributed by atoms with van der Waals surface area (Å²) in [5, 5.41) is 18.4. The summed E-state index contributed by atoms with van der Waals surface area (Å²) in [5.41, 5.74) is 0.377. The Morgan fingerprint density at radius 1 is 1.77 bits per heavy atom. The number of halogens is 1. The van der Waals surface area contributed by atoms with Crippen LogP contribution in [0.25, 0.3) is 0 Å². The van der Waals surface area contributed by atoms with E-state index in [2.05, 4.69) is 4.37 Å². The first-order valence-electron chi connectivity index (χ1n) is 3.58. The van der Waals surface area contributed by atoms with Crippen molar-refractivity contribution >= 4 is 28.1 Å². The highest BCUT2D eigenvalue weighted by atomic mass is 35.5. The van der Waals surface area contributed by atoms with E-state index in [9.17, 15) is 0 Å². The van der Waals surface area contributed by atoms with Crippen LogP contribution in [0.5, 0.6) is 0 Å². The Hall–Kier alpha value is -0.830. The fraction of sp³-hybridized carbons (Fsp3) is 0.429. The predicted octanol–water partition coefficient (Wildman–Crippen LogP) is 1.10. The largest absolute Gasteiger partial charge is 0.395 e. The topological polar surface area (TPSA) is 60.1 Å². The minimum absolute atomic E-state index is 0.0386. The van der Waals surface area contributed by atoms with E-state index in [0.717, 1.165) is 11.5 Å². The molecule has 0 aliphatic rings. The normalized spacial score (nSPS) is 9.69. The van der Waals surface area contributed by atoms with Crippen LogP contribution in [0.4, 0.5) is 5.00 Å². The molecular weight excluding hydrogens is 210 g/mol. The molecule has 0 spiro atoms. The summed E-state index contributed by atoms with van der Waals surface area (Å²) in [5.74, 6) is 0. The second kappa shape index (κ2) is 4.42. The average Bonchev–Trinajstić information content (AvgIpc) is 2.47. The van der Waals surface area contributed by atoms with Gasteiger partial charge in [-0.25, -0.2) is 0 Å². The quantitative estimate of drug-likeness (QED) is 0.824. The molecular formula is C7H8ClN3OS. The van der Waals surface area contributed by atoms with Gasteiger partial charge in [-0.2, -0.15) is 9.64 Å². The van der Waals surface area contributed by atoms with Gasteiger partial charge >= 0.3 is 0 Å². The van der Waals surface area contributed by atoms with Crippen LogP contribution in [0, 0.1) is 11.3 Å². The summed E-state index contributed by atoms with van der Waals surface area (Å²) < 4.78 is 3.85. The number of aliphatic hydroxyl groups excluding tert-OH is 1. The van der Waals surface area contributed by atoms with Crippen molar-refractivity contribution in [3.8, 4) is 6.07 Å². The third-order valence-corrected chi connectivity index (χ3v) is 2.86. The van der Waals surface area contributed by atoms with E-state index in [1.807, 2.05) is 6.07 Å². The fourth-order valence-corrected chi connectivity index (χ4v) is 1.88. The van der Waals surface area contributed by atoms with Gasteiger partial charge in [-0.05, 0) is 11.5 Å². The molecule has 1 aromatic rings. The second-order valence-corrected chi connectivity index (χ2v) is 3.52. The summed E-state index contributed by atoms with van der Waals surface area (Å²) in [4.78, 5) is 1.75. The van der Waals surface area contributed by atoms with E-state index in [1.54, 1.807) is 11.9 Å². The van der Waals surface area contributed by atoms with Crippen molar-refractivity contribution in [2.75, 3.05) is 25.1 Å². The molecule has 0 bridgehead atoms. The molecule has 0 aliphatic heterocycles. The lowest BCUT2D eigenvalue weighted by Crippen LogP contribution is -2.20. The molecule has 13 heavy (non-hydrogen) atoms. The highest BCUT2D eigenvalue weighted by molar-refractivity contribution is 7.10. The first kappa shape index (κ1) is 10.3. The summed E-state index contributed by atoms with van der Waals surface area (Å²) >= 11 is 6.84. The van der Waals surface area contributed by atoms with Gasteiger partial charge < -0.3 is 10.0 Å². The number of aromatic nitrogens is 1. The number of nitrogens with zero attached hydrogens (tertiary/aromatic N) is 3. The molecule has 1 N–H and O–H groups in total. The molecule has 0 amide bonds. The van der Waals surface area contributed by atoms with Gasteiger partial charge in [-0.3, -0.25) is 0 Å². The second-order valence-electron chi connectivity index (χ2n) is 2.41. The van der Waals surface area contributed by atoms with Crippen LogP contribution in [-0.2, 0) is 0 Å². The fourth-order valence-electron chi connectivity index (χ4n) is 0.869. The minimum atomic E-state index is 0.0386. The Labute approximate surface area is 85.1 Å². The molecule has 0 saturated carbocycles. The van der Waals surface area contributed by atoms with Crippen LogP contribution in [0.2, 0.25) is 5.15 Å². The van der Waals surface area contributed by atoms with Crippen molar-refractivity contribution in [2.24, 2.45) is 0 Å². The SMILES string of the molecule is CN(CCO)c1snc(Cl)c1C#N. The number of anilines is 1. The maximum atomic E-state index is 8.75. The molecule has 0 unspecified atom stereocenters. The zero-order chi connectivity index (χ0) is 9.84. The first-order valence-corrected chi connectivity index (χ1v) is 4.73. The summed E-state index contributed by atoms with van der Waals surface area (Å²) in [6.07, 6.45) is 0. The number of nitriles is 1. The number of aliphatic hydroxyl groups is 1. The lowest BCUT2D eigenvalue weighted by atomic mass is 10.3. The molecule has 0 radical (unpaired) electrons. The first-order chi connectivity index (χ1) is 6.20. The maximum absolute atomic E-state index is 8.75. The maximum Gasteiger partial charge on any atom is 0.162 e. The Morgan fingerprint density at radius 2 is 2.46 bits per heavy atom. The Morgan fingerprint density at radius 3 is 3.00 bits per heavy atom. The van der Waals surface area contributed by atoms with E-state index in [-0.39, 0.29) is 11.8 Å². The molecule has 70 valence electrons. The van der Waals surface area contributed by atoms with Crippen molar-refractivity contribution < 1.29 is 5.11 Å². The molecule has 0 atom stereocenters. The molecule has 0 saturated heterocycles. The molecule has 0 fully saturated rings. The van der Waals surface area contributed by atoms with Crippen LogP contribution in [0.3, 0.4) is 0 Å². The molecule has 0 aromatic carbocycles. The van der Waals surface area contributed by atoms with Crippen LogP contribution in [0.15, 0.2) is 0 Å². The van der Waals surface area contributed by atoms with Crippen molar-refractivity contribution in [1.82, 2.24) is 4.37 Å². The third kappa shape index (κ3) is 2.10. The third-order valence-electron chi connectivity index (χ3n) is 1.53. The highest BCUT2D eigenvalue weighted by Gasteiger charge is 2.14. The predicted molar refractivity (Wildman–Crippen MR) is 52.2 cm³/mol. The summed E-state index contributed by atoms with van der Waals surface area (Å²) in [7, 11) is 1.78. The number of hydrogen-bond donors (Lipinski definition) is 1. The highest BCUT2D eigenvalue weighted by Crippen LogP contribution is 2.29. The van der Waals surface area contributed by atoms with Crippen molar-refractivity contribution in [3.05, 3.63) is 10.7 Å². The van der Waals surface area contributed by atoms with E-state index in [0.29, 0.717) is 17.1 Å². The van der Waals surface area contributed by atoms with Gasteiger partial charge in [0.25, 0.3) is 0 Å². The molecule has 6 heteroatoms. The van der Waals surface area contributed by atoms with Crippen molar-refractivity contribution in [3.63, 3.8) is 0 Å². The monoisotopic (exact) mass is 217 g/mol. The number of hydrogen-bond acceptors (Lipinski definition) is 5. The lowest BCUT2D eigenvalue weighted by Gasteiger charge is -2.14. The zero-order valence-electron chi connectivity index (χ0n) is 6.99. The number of likely N-dealkylation sites (N-methyl/N-ethyl adjacent to an activating group) is 1. The van der Waals surface area contributed by atoms with Crippen LogP contribution >= 0.6 is 23.1 Å². The van der Waals surface area contributed by atoms with Gasteiger partial charge in [0.1, 0.15) is 16.6 Å². The summed E-state index contributed by atoms with van der Waals surface area (Å²) in [6, 6.07) is 1.98. The average molecular weight is 218 g/mol. The zero-order valence-corrected chi connectivity index (χ0v) is 8.56. The van der Waals surface area contributed by atoms with Crippen molar-refractivity contribution in [1.29, 1.82) is 5.26 Å². The van der Waals surface area contributed by atoms with Crippen LogP contribution < -0.4 is 4.90 Å². The van der Waals surface area contributed by atoms with Crippen LogP contribution in [0.1, 0.15) is 5.56 Å². The van der Waals surface area contributed by atoms with E-state index >= 15 is 0 Å². The van der Waals surface area contributed by atoms with Gasteiger partial charge in [0.2, 0.25) is 0 Å². The number of rotatable bonds is 3. The Bertz CT molecular complexity index is 333. The Kier molecular flexibility index (Phi) is 3.48. The van der Waals surface area contributed by atoms with Gasteiger partial charge in [0, 0.05) is 13.6 Å². The molecule has 1 aromatic heterocycles.